The molecule has 218 valence electrons. The van der Waals surface area contributed by atoms with Gasteiger partial charge < -0.3 is 15.0 Å². The molecule has 0 spiro atoms. The Kier molecular flexibility index (Phi) is 12.6. The molecule has 2 saturated heterocycles. The third-order valence-corrected chi connectivity index (χ3v) is 7.77. The van der Waals surface area contributed by atoms with E-state index in [9.17, 15) is 4.79 Å². The number of ether oxygens (including phenoxy) is 1. The van der Waals surface area contributed by atoms with Gasteiger partial charge in [-0.3, -0.25) is 9.69 Å². The van der Waals surface area contributed by atoms with E-state index >= 15 is 4.39 Å². The number of hydrogen-bond acceptors (Lipinski definition) is 4. The molecule has 0 saturated carbocycles. The second kappa shape index (κ2) is 14.7. The van der Waals surface area contributed by atoms with E-state index in [1.807, 2.05) is 38.1 Å². The number of carbonyl (C=O) groups is 1. The number of benzene rings is 2. The predicted molar refractivity (Wildman–Crippen MR) is 162 cm³/mol. The van der Waals surface area contributed by atoms with E-state index in [1.165, 1.54) is 0 Å². The third kappa shape index (κ3) is 8.56. The number of nitrogens with zero attached hydrogens (tertiary/aromatic N) is 2. The van der Waals surface area contributed by atoms with E-state index in [0.29, 0.717) is 18.9 Å². The van der Waals surface area contributed by atoms with Gasteiger partial charge in [0.2, 0.25) is 5.91 Å². The Morgan fingerprint density at radius 2 is 1.69 bits per heavy atom. The van der Waals surface area contributed by atoms with Gasteiger partial charge in [-0.25, -0.2) is 4.39 Å². The first kappa shape index (κ1) is 33.3. The summed E-state index contributed by atoms with van der Waals surface area (Å²) in [4.78, 5) is 18.1. The Morgan fingerprint density at radius 1 is 1.03 bits per heavy atom. The number of piperidine rings is 1. The fourth-order valence-electron chi connectivity index (χ4n) is 5.81. The number of rotatable bonds is 7. The highest BCUT2D eigenvalue weighted by atomic mass is 35.5. The standard InChI is InChI=1S/C31H44FN3O2.2ClH/c1-22(2)37-27-12-11-25(20-26(27)32)30(24-9-7-6-8-10-24)34-17-18-35(28(21-34)31(3,4)5)29(36)19-23-13-15-33-16-14-23;;/h6-12,20,22-23,28,30,33H,13-19,21H2,1-5H3;2*1H/t28-,30?;;/m1../s1. The Hall–Kier alpha value is -1.86. The number of halogens is 3. The molecule has 4 rings (SSSR count). The molecule has 1 amide bonds. The molecule has 1 unspecified atom stereocenters. The first-order valence-electron chi connectivity index (χ1n) is 13.9. The second-order valence-electron chi connectivity index (χ2n) is 12.0. The van der Waals surface area contributed by atoms with Gasteiger partial charge >= 0.3 is 0 Å². The average Bonchev–Trinajstić information content (AvgIpc) is 2.86. The van der Waals surface area contributed by atoms with E-state index in [2.05, 4.69) is 48.0 Å². The lowest BCUT2D eigenvalue weighted by molar-refractivity contribution is -0.141. The van der Waals surface area contributed by atoms with Crippen LogP contribution in [0.4, 0.5) is 4.39 Å². The molecule has 2 aromatic carbocycles. The van der Waals surface area contributed by atoms with Crippen molar-refractivity contribution in [3.05, 3.63) is 65.5 Å². The highest BCUT2D eigenvalue weighted by Crippen LogP contribution is 2.37. The molecule has 0 radical (unpaired) electrons. The van der Waals surface area contributed by atoms with Gasteiger partial charge in [-0.2, -0.15) is 0 Å². The first-order chi connectivity index (χ1) is 17.6. The number of amides is 1. The SMILES string of the molecule is CC(C)Oc1ccc(C(c2ccccc2)N2CCN(C(=O)CC3CCNCC3)[C@@H](C(C)(C)C)C2)cc1F.Cl.Cl. The van der Waals surface area contributed by atoms with E-state index in [4.69, 9.17) is 4.74 Å². The van der Waals surface area contributed by atoms with Crippen LogP contribution in [0, 0.1) is 17.2 Å². The van der Waals surface area contributed by atoms with Crippen LogP contribution in [0.1, 0.15) is 71.0 Å². The average molecular weight is 583 g/mol. The zero-order valence-corrected chi connectivity index (χ0v) is 25.6. The summed E-state index contributed by atoms with van der Waals surface area (Å²) in [6, 6.07) is 15.6. The van der Waals surface area contributed by atoms with Crippen LogP contribution < -0.4 is 10.1 Å². The van der Waals surface area contributed by atoms with Gasteiger partial charge in [-0.1, -0.05) is 57.2 Å². The van der Waals surface area contributed by atoms with E-state index in [0.717, 1.165) is 50.1 Å². The summed E-state index contributed by atoms with van der Waals surface area (Å²) in [5.74, 6) is 0.699. The maximum absolute atomic E-state index is 15.1. The zero-order valence-electron chi connectivity index (χ0n) is 24.0. The maximum atomic E-state index is 15.1. The quantitative estimate of drug-likeness (QED) is 0.405. The van der Waals surface area contributed by atoms with Crippen LogP contribution in [-0.4, -0.2) is 60.6 Å². The Bertz CT molecular complexity index is 1040. The highest BCUT2D eigenvalue weighted by Gasteiger charge is 2.40. The molecule has 2 heterocycles. The van der Waals surface area contributed by atoms with Gasteiger partial charge in [0, 0.05) is 32.1 Å². The van der Waals surface area contributed by atoms with Crippen molar-refractivity contribution in [2.24, 2.45) is 11.3 Å². The largest absolute Gasteiger partial charge is 0.488 e. The van der Waals surface area contributed by atoms with Crippen LogP contribution in [-0.2, 0) is 4.79 Å². The van der Waals surface area contributed by atoms with Crippen molar-refractivity contribution >= 4 is 30.7 Å². The fourth-order valence-corrected chi connectivity index (χ4v) is 5.81. The van der Waals surface area contributed by atoms with E-state index < -0.39 is 0 Å². The summed E-state index contributed by atoms with van der Waals surface area (Å²) in [6.45, 7) is 14.7. The molecule has 2 aliphatic rings. The molecule has 8 heteroatoms. The topological polar surface area (TPSA) is 44.8 Å². The lowest BCUT2D eigenvalue weighted by Gasteiger charge is -2.49. The van der Waals surface area contributed by atoms with Crippen molar-refractivity contribution in [1.82, 2.24) is 15.1 Å². The third-order valence-electron chi connectivity index (χ3n) is 7.77. The molecule has 2 aromatic rings. The second-order valence-corrected chi connectivity index (χ2v) is 12.0. The molecule has 39 heavy (non-hydrogen) atoms. The number of hydrogen-bond donors (Lipinski definition) is 1. The predicted octanol–water partition coefficient (Wildman–Crippen LogP) is 6.49. The molecule has 0 bridgehead atoms. The lowest BCUT2D eigenvalue weighted by Crippen LogP contribution is -2.60. The summed E-state index contributed by atoms with van der Waals surface area (Å²) in [5, 5.41) is 3.40. The van der Waals surface area contributed by atoms with Crippen LogP contribution in [0.25, 0.3) is 0 Å². The Balaban J connectivity index is 0.00000267. The van der Waals surface area contributed by atoms with Crippen molar-refractivity contribution in [2.75, 3.05) is 32.7 Å². The Labute approximate surface area is 246 Å². The molecule has 0 aliphatic carbocycles. The van der Waals surface area contributed by atoms with Crippen molar-refractivity contribution in [3.8, 4) is 5.75 Å². The molecule has 5 nitrogen and oxygen atoms in total. The lowest BCUT2D eigenvalue weighted by atomic mass is 9.82. The van der Waals surface area contributed by atoms with Gasteiger partial charge in [0.05, 0.1) is 12.1 Å². The van der Waals surface area contributed by atoms with Crippen molar-refractivity contribution in [2.45, 2.75) is 72.1 Å². The van der Waals surface area contributed by atoms with Crippen molar-refractivity contribution in [1.29, 1.82) is 0 Å². The minimum atomic E-state index is -0.338. The summed E-state index contributed by atoms with van der Waals surface area (Å²) in [5.41, 5.74) is 1.95. The monoisotopic (exact) mass is 581 g/mol. The highest BCUT2D eigenvalue weighted by molar-refractivity contribution is 5.85. The van der Waals surface area contributed by atoms with Gasteiger partial charge in [-0.15, -0.1) is 24.8 Å². The van der Waals surface area contributed by atoms with Crippen LogP contribution in [0.15, 0.2) is 48.5 Å². The van der Waals surface area contributed by atoms with E-state index in [1.54, 1.807) is 12.1 Å². The minimum Gasteiger partial charge on any atom is -0.488 e. The summed E-state index contributed by atoms with van der Waals surface area (Å²) >= 11 is 0. The first-order valence-corrected chi connectivity index (χ1v) is 13.9. The Morgan fingerprint density at radius 3 is 2.28 bits per heavy atom. The van der Waals surface area contributed by atoms with Gasteiger partial charge in [-0.05, 0) is 74.4 Å². The summed E-state index contributed by atoms with van der Waals surface area (Å²) < 4.78 is 20.8. The molecule has 0 aromatic heterocycles. The number of nitrogens with one attached hydrogen (secondary N) is 1. The molecule has 2 atom stereocenters. The fraction of sp³-hybridized carbons (Fsp3) is 0.581. The smallest absolute Gasteiger partial charge is 0.223 e. The molecular weight excluding hydrogens is 536 g/mol. The van der Waals surface area contributed by atoms with Crippen LogP contribution >= 0.6 is 24.8 Å². The van der Waals surface area contributed by atoms with Crippen LogP contribution in [0.5, 0.6) is 5.75 Å². The molecule has 1 N–H and O–H groups in total. The van der Waals surface area contributed by atoms with Crippen molar-refractivity contribution in [3.63, 3.8) is 0 Å². The van der Waals surface area contributed by atoms with Gasteiger partial charge in [0.25, 0.3) is 0 Å². The van der Waals surface area contributed by atoms with Crippen molar-refractivity contribution < 1.29 is 13.9 Å². The molecular formula is C31H46Cl2FN3O2. The molecule has 2 aliphatic heterocycles. The van der Waals surface area contributed by atoms with E-state index in [-0.39, 0.29) is 65.9 Å². The van der Waals surface area contributed by atoms with Crippen LogP contribution in [0.3, 0.4) is 0 Å². The molecule has 2 fully saturated rings. The number of carbonyl (C=O) groups excluding carboxylic acids is 1. The van der Waals surface area contributed by atoms with Gasteiger partial charge in [0.15, 0.2) is 11.6 Å². The van der Waals surface area contributed by atoms with Gasteiger partial charge in [0.1, 0.15) is 0 Å². The minimum absolute atomic E-state index is 0. The number of piperazine rings is 1. The van der Waals surface area contributed by atoms with Crippen LogP contribution in [0.2, 0.25) is 0 Å². The summed E-state index contributed by atoms with van der Waals surface area (Å²) in [6.07, 6.45) is 2.70. The zero-order chi connectivity index (χ0) is 26.6. The maximum Gasteiger partial charge on any atom is 0.223 e. The summed E-state index contributed by atoms with van der Waals surface area (Å²) in [7, 11) is 0. The normalized spacial score (nSPS) is 19.7.